The zero-order valence-corrected chi connectivity index (χ0v) is 20.2. The maximum Gasteiger partial charge on any atom is 0.271 e. The predicted octanol–water partition coefficient (Wildman–Crippen LogP) is 4.73. The van der Waals surface area contributed by atoms with E-state index in [1.165, 1.54) is 6.21 Å². The zero-order chi connectivity index (χ0) is 24.0. The number of sulfonamides is 1. The summed E-state index contributed by atoms with van der Waals surface area (Å²) in [5.74, 6) is 0.279. The molecule has 3 rings (SSSR count). The van der Waals surface area contributed by atoms with E-state index in [1.807, 2.05) is 18.2 Å². The van der Waals surface area contributed by atoms with Gasteiger partial charge < -0.3 is 4.74 Å². The summed E-state index contributed by atoms with van der Waals surface area (Å²) in [5.41, 5.74) is 4.54. The fourth-order valence-corrected chi connectivity index (χ4v) is 4.29. The molecular weight excluding hydrogens is 485 g/mol. The van der Waals surface area contributed by atoms with Crippen LogP contribution in [-0.2, 0) is 16.6 Å². The third-order valence-corrected chi connectivity index (χ3v) is 6.55. The van der Waals surface area contributed by atoms with Crippen molar-refractivity contribution in [3.05, 3.63) is 93.5 Å². The number of carbonyl (C=O) groups excluding carboxylic acids is 1. The van der Waals surface area contributed by atoms with Gasteiger partial charge in [-0.3, -0.25) is 9.10 Å². The highest BCUT2D eigenvalue weighted by atomic mass is 35.5. The maximum atomic E-state index is 12.4. The van der Waals surface area contributed by atoms with Crippen molar-refractivity contribution in [2.45, 2.75) is 6.54 Å². The Balaban J connectivity index is 1.71. The first-order chi connectivity index (χ1) is 15.7. The zero-order valence-electron chi connectivity index (χ0n) is 17.8. The SMILES string of the molecule is COc1cccc(/C=N\NC(=O)c2ccc(CN(c3cccc(Cl)c3Cl)S(C)(=O)=O)cc2)c1. The number of anilines is 1. The van der Waals surface area contributed by atoms with Crippen LogP contribution < -0.4 is 14.5 Å². The molecule has 0 aromatic heterocycles. The third-order valence-electron chi connectivity index (χ3n) is 4.62. The first kappa shape index (κ1) is 24.6. The van der Waals surface area contributed by atoms with E-state index in [4.69, 9.17) is 27.9 Å². The van der Waals surface area contributed by atoms with Crippen molar-refractivity contribution in [2.75, 3.05) is 17.7 Å². The van der Waals surface area contributed by atoms with E-state index < -0.39 is 15.9 Å². The number of methoxy groups -OCH3 is 1. The molecular formula is C23H21Cl2N3O4S. The van der Waals surface area contributed by atoms with E-state index in [9.17, 15) is 13.2 Å². The van der Waals surface area contributed by atoms with Crippen LogP contribution in [0.3, 0.4) is 0 Å². The smallest absolute Gasteiger partial charge is 0.271 e. The quantitative estimate of drug-likeness (QED) is 0.354. The molecule has 0 spiro atoms. The Kier molecular flexibility index (Phi) is 7.97. The fraction of sp³-hybridized carbons (Fsp3) is 0.130. The molecule has 7 nitrogen and oxygen atoms in total. The Morgan fingerprint density at radius 1 is 1.09 bits per heavy atom. The van der Waals surface area contributed by atoms with Crippen molar-refractivity contribution in [3.8, 4) is 5.75 Å². The number of hydrogen-bond donors (Lipinski definition) is 1. The Hall–Kier alpha value is -3.07. The lowest BCUT2D eigenvalue weighted by molar-refractivity contribution is 0.0955. The summed E-state index contributed by atoms with van der Waals surface area (Å²) in [6.45, 7) is 0.0226. The highest BCUT2D eigenvalue weighted by Gasteiger charge is 2.21. The molecule has 10 heteroatoms. The molecule has 1 amide bonds. The van der Waals surface area contributed by atoms with E-state index in [1.54, 1.807) is 55.6 Å². The van der Waals surface area contributed by atoms with Gasteiger partial charge in [-0.25, -0.2) is 13.8 Å². The topological polar surface area (TPSA) is 88.1 Å². The second kappa shape index (κ2) is 10.7. The number of benzene rings is 3. The van der Waals surface area contributed by atoms with Crippen molar-refractivity contribution >= 4 is 51.0 Å². The first-order valence-electron chi connectivity index (χ1n) is 9.67. The van der Waals surface area contributed by atoms with E-state index in [0.29, 0.717) is 16.9 Å². The Morgan fingerprint density at radius 2 is 1.79 bits per heavy atom. The van der Waals surface area contributed by atoms with E-state index in [0.717, 1.165) is 16.1 Å². The van der Waals surface area contributed by atoms with Crippen LogP contribution in [0.15, 0.2) is 71.8 Å². The molecule has 33 heavy (non-hydrogen) atoms. The molecule has 0 bridgehead atoms. The molecule has 3 aromatic rings. The molecule has 0 atom stereocenters. The minimum absolute atomic E-state index is 0.0226. The monoisotopic (exact) mass is 505 g/mol. The molecule has 3 aromatic carbocycles. The van der Waals surface area contributed by atoms with Crippen LogP contribution in [0.5, 0.6) is 5.75 Å². The van der Waals surface area contributed by atoms with Gasteiger partial charge in [-0.05, 0) is 47.5 Å². The van der Waals surface area contributed by atoms with E-state index in [2.05, 4.69) is 10.5 Å². The summed E-state index contributed by atoms with van der Waals surface area (Å²) in [5, 5.41) is 4.36. The second-order valence-electron chi connectivity index (χ2n) is 7.02. The molecule has 0 aliphatic rings. The van der Waals surface area contributed by atoms with Gasteiger partial charge in [0.25, 0.3) is 5.91 Å². The highest BCUT2D eigenvalue weighted by molar-refractivity contribution is 7.92. The van der Waals surface area contributed by atoms with Crippen LogP contribution in [0.2, 0.25) is 10.0 Å². The van der Waals surface area contributed by atoms with Gasteiger partial charge in [-0.1, -0.05) is 53.5 Å². The van der Waals surface area contributed by atoms with Crippen LogP contribution >= 0.6 is 23.2 Å². The number of ether oxygens (including phenoxy) is 1. The van der Waals surface area contributed by atoms with Crippen LogP contribution in [-0.4, -0.2) is 33.9 Å². The third kappa shape index (κ3) is 6.47. The van der Waals surface area contributed by atoms with Gasteiger partial charge in [-0.15, -0.1) is 0 Å². The standard InChI is InChI=1S/C23H21Cl2N3O4S/c1-32-19-6-3-5-17(13-19)14-26-27-23(29)18-11-9-16(10-12-18)15-28(33(2,30)31)21-8-4-7-20(24)22(21)25/h3-14H,15H2,1-2H3,(H,27,29)/b26-14-. The number of nitrogens with one attached hydrogen (secondary N) is 1. The number of halogens is 2. The normalized spacial score (nSPS) is 11.4. The summed E-state index contributed by atoms with van der Waals surface area (Å²) in [4.78, 5) is 12.4. The number of amides is 1. The van der Waals surface area contributed by atoms with Crippen molar-refractivity contribution in [1.82, 2.24) is 5.43 Å². The van der Waals surface area contributed by atoms with Gasteiger partial charge in [0.1, 0.15) is 5.75 Å². The van der Waals surface area contributed by atoms with Crippen LogP contribution in [0, 0.1) is 0 Å². The summed E-state index contributed by atoms with van der Waals surface area (Å²) in [7, 11) is -2.07. The lowest BCUT2D eigenvalue weighted by Gasteiger charge is -2.24. The van der Waals surface area contributed by atoms with Crippen molar-refractivity contribution < 1.29 is 17.9 Å². The molecule has 0 heterocycles. The number of nitrogens with zero attached hydrogens (tertiary/aromatic N) is 2. The van der Waals surface area contributed by atoms with Gasteiger partial charge in [0, 0.05) is 5.56 Å². The van der Waals surface area contributed by atoms with Crippen LogP contribution in [0.4, 0.5) is 5.69 Å². The Labute approximate surface area is 202 Å². The van der Waals surface area contributed by atoms with Crippen LogP contribution in [0.25, 0.3) is 0 Å². The van der Waals surface area contributed by atoms with E-state index in [-0.39, 0.29) is 22.3 Å². The second-order valence-corrected chi connectivity index (χ2v) is 9.71. The summed E-state index contributed by atoms with van der Waals surface area (Å²) >= 11 is 12.3. The molecule has 1 N–H and O–H groups in total. The molecule has 172 valence electrons. The summed E-state index contributed by atoms with van der Waals surface area (Å²) in [6, 6.07) is 18.5. The minimum atomic E-state index is -3.64. The molecule has 0 aliphatic heterocycles. The number of hydrogen-bond acceptors (Lipinski definition) is 5. The van der Waals surface area contributed by atoms with E-state index >= 15 is 0 Å². The average molecular weight is 506 g/mol. The predicted molar refractivity (Wildman–Crippen MR) is 132 cm³/mol. The highest BCUT2D eigenvalue weighted by Crippen LogP contribution is 2.34. The minimum Gasteiger partial charge on any atom is -0.497 e. The van der Waals surface area contributed by atoms with Crippen molar-refractivity contribution in [3.63, 3.8) is 0 Å². The average Bonchev–Trinajstić information content (AvgIpc) is 2.79. The Bertz CT molecular complexity index is 1280. The lowest BCUT2D eigenvalue weighted by Crippen LogP contribution is -2.29. The maximum absolute atomic E-state index is 12.4. The van der Waals surface area contributed by atoms with Crippen LogP contribution in [0.1, 0.15) is 21.5 Å². The Morgan fingerprint density at radius 3 is 2.45 bits per heavy atom. The van der Waals surface area contributed by atoms with Crippen molar-refractivity contribution in [2.24, 2.45) is 5.10 Å². The molecule has 0 saturated heterocycles. The molecule has 0 unspecified atom stereocenters. The van der Waals surface area contributed by atoms with Gasteiger partial charge >= 0.3 is 0 Å². The van der Waals surface area contributed by atoms with Gasteiger partial charge in [0.15, 0.2) is 0 Å². The molecule has 0 fully saturated rings. The molecule has 0 saturated carbocycles. The first-order valence-corrected chi connectivity index (χ1v) is 12.3. The lowest BCUT2D eigenvalue weighted by atomic mass is 10.1. The number of hydrazone groups is 1. The van der Waals surface area contributed by atoms with Gasteiger partial charge in [0.05, 0.1) is 41.9 Å². The van der Waals surface area contributed by atoms with Crippen molar-refractivity contribution in [1.29, 1.82) is 0 Å². The number of carbonyl (C=O) groups is 1. The fourth-order valence-electron chi connectivity index (χ4n) is 2.95. The summed E-state index contributed by atoms with van der Waals surface area (Å²) in [6.07, 6.45) is 2.60. The molecule has 0 radical (unpaired) electrons. The number of rotatable bonds is 8. The molecule has 0 aliphatic carbocycles. The largest absolute Gasteiger partial charge is 0.497 e. The van der Waals surface area contributed by atoms with Gasteiger partial charge in [0.2, 0.25) is 10.0 Å². The summed E-state index contributed by atoms with van der Waals surface area (Å²) < 4.78 is 31.1. The van der Waals surface area contributed by atoms with Gasteiger partial charge in [-0.2, -0.15) is 5.10 Å².